The van der Waals surface area contributed by atoms with E-state index in [2.05, 4.69) is 0 Å². The predicted molar refractivity (Wildman–Crippen MR) is 69.7 cm³/mol. The van der Waals surface area contributed by atoms with Crippen LogP contribution in [-0.2, 0) is 0 Å². The Bertz CT molecular complexity index is 576. The molecule has 0 amide bonds. The van der Waals surface area contributed by atoms with Crippen molar-refractivity contribution < 1.29 is 14.6 Å². The van der Waals surface area contributed by atoms with Crippen LogP contribution >= 0.6 is 11.6 Å². The van der Waals surface area contributed by atoms with Crippen molar-refractivity contribution in [2.24, 2.45) is 0 Å². The van der Waals surface area contributed by atoms with E-state index in [1.165, 1.54) is 0 Å². The standard InChI is InChI=1S/C14H11ClO3/c1-9-2-7-13(12(8-9)14(16)17)18-11-5-3-10(15)4-6-11/h2-8H,1H3,(H,16,17). The first-order valence-corrected chi connectivity index (χ1v) is 5.71. The molecular formula is C14H11ClO3. The van der Waals surface area contributed by atoms with Crippen molar-refractivity contribution in [1.82, 2.24) is 0 Å². The van der Waals surface area contributed by atoms with Crippen molar-refractivity contribution in [3.05, 3.63) is 58.6 Å². The second kappa shape index (κ2) is 5.10. The fraction of sp³-hybridized carbons (Fsp3) is 0.0714. The van der Waals surface area contributed by atoms with E-state index in [0.717, 1.165) is 5.56 Å². The molecule has 0 saturated heterocycles. The van der Waals surface area contributed by atoms with Gasteiger partial charge in [-0.05, 0) is 43.3 Å². The molecule has 0 bridgehead atoms. The molecule has 0 fully saturated rings. The van der Waals surface area contributed by atoms with Gasteiger partial charge in [-0.3, -0.25) is 0 Å². The Morgan fingerprint density at radius 3 is 2.44 bits per heavy atom. The molecule has 3 nitrogen and oxygen atoms in total. The van der Waals surface area contributed by atoms with Gasteiger partial charge in [-0.2, -0.15) is 0 Å². The molecule has 18 heavy (non-hydrogen) atoms. The number of hydrogen-bond donors (Lipinski definition) is 1. The molecule has 0 aliphatic rings. The summed E-state index contributed by atoms with van der Waals surface area (Å²) in [6, 6.07) is 11.8. The zero-order valence-corrected chi connectivity index (χ0v) is 10.4. The van der Waals surface area contributed by atoms with Crippen LogP contribution in [0.4, 0.5) is 0 Å². The Balaban J connectivity index is 2.34. The van der Waals surface area contributed by atoms with Crippen molar-refractivity contribution in [2.75, 3.05) is 0 Å². The second-order valence-electron chi connectivity index (χ2n) is 3.86. The lowest BCUT2D eigenvalue weighted by Gasteiger charge is -2.09. The van der Waals surface area contributed by atoms with Crippen LogP contribution in [0.15, 0.2) is 42.5 Å². The molecular weight excluding hydrogens is 252 g/mol. The van der Waals surface area contributed by atoms with Crippen LogP contribution < -0.4 is 4.74 Å². The van der Waals surface area contributed by atoms with E-state index >= 15 is 0 Å². The molecule has 0 spiro atoms. The third-order valence-electron chi connectivity index (χ3n) is 2.41. The van der Waals surface area contributed by atoms with E-state index in [4.69, 9.17) is 21.4 Å². The molecule has 2 aromatic rings. The highest BCUT2D eigenvalue weighted by molar-refractivity contribution is 6.30. The van der Waals surface area contributed by atoms with Gasteiger partial charge in [0.2, 0.25) is 0 Å². The van der Waals surface area contributed by atoms with Crippen LogP contribution in [0, 0.1) is 6.92 Å². The van der Waals surface area contributed by atoms with Crippen molar-refractivity contribution in [3.63, 3.8) is 0 Å². The summed E-state index contributed by atoms with van der Waals surface area (Å²) in [4.78, 5) is 11.1. The molecule has 2 rings (SSSR count). The van der Waals surface area contributed by atoms with E-state index < -0.39 is 5.97 Å². The number of benzene rings is 2. The largest absolute Gasteiger partial charge is 0.478 e. The van der Waals surface area contributed by atoms with Crippen LogP contribution in [0.5, 0.6) is 11.5 Å². The number of halogens is 1. The monoisotopic (exact) mass is 262 g/mol. The Morgan fingerprint density at radius 1 is 1.17 bits per heavy atom. The molecule has 2 aromatic carbocycles. The van der Waals surface area contributed by atoms with E-state index in [-0.39, 0.29) is 5.56 Å². The van der Waals surface area contributed by atoms with Crippen molar-refractivity contribution in [1.29, 1.82) is 0 Å². The van der Waals surface area contributed by atoms with Crippen molar-refractivity contribution in [3.8, 4) is 11.5 Å². The van der Waals surface area contributed by atoms with Crippen LogP contribution in [0.25, 0.3) is 0 Å². The third kappa shape index (κ3) is 2.81. The Hall–Kier alpha value is -2.00. The zero-order valence-electron chi connectivity index (χ0n) is 9.68. The topological polar surface area (TPSA) is 46.5 Å². The fourth-order valence-electron chi connectivity index (χ4n) is 1.53. The SMILES string of the molecule is Cc1ccc(Oc2ccc(Cl)cc2)c(C(=O)O)c1. The van der Waals surface area contributed by atoms with Gasteiger partial charge in [-0.25, -0.2) is 4.79 Å². The van der Waals surface area contributed by atoms with E-state index in [1.807, 2.05) is 6.92 Å². The average Bonchev–Trinajstić information content (AvgIpc) is 2.34. The van der Waals surface area contributed by atoms with Crippen LogP contribution in [0.3, 0.4) is 0 Å². The molecule has 0 saturated carbocycles. The number of carboxylic acids is 1. The Kier molecular flexibility index (Phi) is 3.53. The van der Waals surface area contributed by atoms with Gasteiger partial charge in [0.25, 0.3) is 0 Å². The van der Waals surface area contributed by atoms with Crippen molar-refractivity contribution in [2.45, 2.75) is 6.92 Å². The molecule has 4 heteroatoms. The maximum absolute atomic E-state index is 11.1. The molecule has 0 atom stereocenters. The molecule has 0 radical (unpaired) electrons. The van der Waals surface area contributed by atoms with Gasteiger partial charge >= 0.3 is 5.97 Å². The molecule has 0 unspecified atom stereocenters. The lowest BCUT2D eigenvalue weighted by molar-refractivity contribution is 0.0694. The fourth-order valence-corrected chi connectivity index (χ4v) is 1.66. The minimum atomic E-state index is -1.01. The number of carboxylic acid groups (broad SMARTS) is 1. The summed E-state index contributed by atoms with van der Waals surface area (Å²) in [6.45, 7) is 1.83. The molecule has 0 aliphatic heterocycles. The Morgan fingerprint density at radius 2 is 1.83 bits per heavy atom. The first kappa shape index (κ1) is 12.5. The summed E-state index contributed by atoms with van der Waals surface area (Å²) in [6.07, 6.45) is 0. The van der Waals surface area contributed by atoms with Gasteiger partial charge in [-0.15, -0.1) is 0 Å². The molecule has 92 valence electrons. The number of aryl methyl sites for hydroxylation is 1. The molecule has 0 aromatic heterocycles. The number of rotatable bonds is 3. The quantitative estimate of drug-likeness (QED) is 0.904. The Labute approximate surface area is 110 Å². The maximum atomic E-state index is 11.1. The van der Waals surface area contributed by atoms with Crippen LogP contribution in [-0.4, -0.2) is 11.1 Å². The summed E-state index contributed by atoms with van der Waals surface area (Å²) in [5.74, 6) is -0.149. The second-order valence-corrected chi connectivity index (χ2v) is 4.30. The highest BCUT2D eigenvalue weighted by Crippen LogP contribution is 2.27. The van der Waals surface area contributed by atoms with Crippen LogP contribution in [0.1, 0.15) is 15.9 Å². The van der Waals surface area contributed by atoms with Gasteiger partial charge < -0.3 is 9.84 Å². The summed E-state index contributed by atoms with van der Waals surface area (Å²) in [5, 5.41) is 9.71. The number of aromatic carboxylic acids is 1. The van der Waals surface area contributed by atoms with Gasteiger partial charge in [-0.1, -0.05) is 23.2 Å². The van der Waals surface area contributed by atoms with E-state index in [9.17, 15) is 4.79 Å². The van der Waals surface area contributed by atoms with E-state index in [0.29, 0.717) is 16.5 Å². The summed E-state index contributed by atoms with van der Waals surface area (Å²) in [5.41, 5.74) is 1.01. The van der Waals surface area contributed by atoms with Crippen LogP contribution in [0.2, 0.25) is 5.02 Å². The minimum Gasteiger partial charge on any atom is -0.478 e. The lowest BCUT2D eigenvalue weighted by Crippen LogP contribution is -2.00. The third-order valence-corrected chi connectivity index (χ3v) is 2.66. The van der Waals surface area contributed by atoms with Gasteiger partial charge in [0.05, 0.1) is 0 Å². The summed E-state index contributed by atoms with van der Waals surface area (Å²) in [7, 11) is 0. The normalized spacial score (nSPS) is 10.1. The first-order chi connectivity index (χ1) is 8.56. The van der Waals surface area contributed by atoms with E-state index in [1.54, 1.807) is 42.5 Å². The molecule has 0 heterocycles. The van der Waals surface area contributed by atoms with Gasteiger partial charge in [0.15, 0.2) is 0 Å². The number of ether oxygens (including phenoxy) is 1. The highest BCUT2D eigenvalue weighted by Gasteiger charge is 2.12. The first-order valence-electron chi connectivity index (χ1n) is 5.33. The minimum absolute atomic E-state index is 0.143. The smallest absolute Gasteiger partial charge is 0.339 e. The van der Waals surface area contributed by atoms with Gasteiger partial charge in [0, 0.05) is 5.02 Å². The molecule has 0 aliphatic carbocycles. The number of hydrogen-bond acceptors (Lipinski definition) is 2. The van der Waals surface area contributed by atoms with Crippen molar-refractivity contribution >= 4 is 17.6 Å². The maximum Gasteiger partial charge on any atom is 0.339 e. The zero-order chi connectivity index (χ0) is 13.1. The van der Waals surface area contributed by atoms with Gasteiger partial charge in [0.1, 0.15) is 17.1 Å². The number of carbonyl (C=O) groups is 1. The molecule has 1 N–H and O–H groups in total. The average molecular weight is 263 g/mol. The lowest BCUT2D eigenvalue weighted by atomic mass is 10.1. The highest BCUT2D eigenvalue weighted by atomic mass is 35.5. The summed E-state index contributed by atoms with van der Waals surface area (Å²) >= 11 is 5.77. The predicted octanol–water partition coefficient (Wildman–Crippen LogP) is 4.14. The summed E-state index contributed by atoms with van der Waals surface area (Å²) < 4.78 is 5.54.